The van der Waals surface area contributed by atoms with E-state index in [2.05, 4.69) is 10.6 Å². The molecule has 19 heteroatoms. The minimum atomic E-state index is -5.13. The molecule has 0 saturated heterocycles. The summed E-state index contributed by atoms with van der Waals surface area (Å²) in [5.41, 5.74) is -1.81. The van der Waals surface area contributed by atoms with Crippen molar-refractivity contribution in [2.45, 2.75) is 42.9 Å². The summed E-state index contributed by atoms with van der Waals surface area (Å²) in [4.78, 5) is 43.0. The molecule has 51 heavy (non-hydrogen) atoms. The fourth-order valence-electron chi connectivity index (χ4n) is 7.46. The van der Waals surface area contributed by atoms with E-state index in [1.165, 1.54) is 25.1 Å². The second-order valence-corrected chi connectivity index (χ2v) is 13.6. The van der Waals surface area contributed by atoms with Crippen LogP contribution in [0.2, 0.25) is 0 Å². The number of phenolic OH excluding ortho intramolecular Hbond substituents is 1. The van der Waals surface area contributed by atoms with Gasteiger partial charge in [0, 0.05) is 43.0 Å². The first-order valence-electron chi connectivity index (χ1n) is 15.2. The van der Waals surface area contributed by atoms with Crippen LogP contribution in [-0.2, 0) is 33.2 Å². The van der Waals surface area contributed by atoms with Crippen molar-refractivity contribution in [3.63, 3.8) is 0 Å². The first-order chi connectivity index (χ1) is 23.4. The standard InChI is InChI=1S/C32H33F6N5O7S/c1-42(2)18-10-17(41-29(51)40-14-8-12(31(33,34)35)7-13(9-14)32(36,37)38)23(44)20-15(18)5-11-6-16-22(43(3)4)25(46)21(28(39)49)27(48)30(16,50)26(47)19(11)24(20)45/h7-11,16,21-22,25,44-46,50H,5-6H2,1-4H3,(H2,39,49)(H2,40,41,51)/t11?,16?,21?,22-,25?,30-/m0/s1. The fraction of sp³-hybridized carbons (Fsp3) is 0.438. The molecule has 0 spiro atoms. The Kier molecular flexibility index (Phi) is 9.37. The minimum absolute atomic E-state index is 0.0365. The number of rotatable bonds is 5. The topological polar surface area (TPSA) is 189 Å². The highest BCUT2D eigenvalue weighted by Gasteiger charge is 2.67. The number of thiocarbonyl (C=S) groups is 1. The van der Waals surface area contributed by atoms with Crippen LogP contribution in [0, 0.1) is 17.8 Å². The molecule has 0 bridgehead atoms. The van der Waals surface area contributed by atoms with Gasteiger partial charge in [-0.25, -0.2) is 0 Å². The molecule has 5 rings (SSSR count). The van der Waals surface area contributed by atoms with E-state index in [4.69, 9.17) is 18.0 Å². The number of likely N-dealkylation sites (N-methyl/N-ethyl adjacent to an activating group) is 1. The molecule has 3 aliphatic carbocycles. The van der Waals surface area contributed by atoms with E-state index in [9.17, 15) is 61.2 Å². The third-order valence-electron chi connectivity index (χ3n) is 9.64. The lowest BCUT2D eigenvalue weighted by molar-refractivity contribution is -0.184. The van der Waals surface area contributed by atoms with Gasteiger partial charge < -0.3 is 46.6 Å². The second-order valence-electron chi connectivity index (χ2n) is 13.2. The van der Waals surface area contributed by atoms with E-state index in [0.29, 0.717) is 23.4 Å². The number of aliphatic hydroxyl groups excluding tert-OH is 2. The van der Waals surface area contributed by atoms with Gasteiger partial charge in [0.05, 0.1) is 28.5 Å². The van der Waals surface area contributed by atoms with E-state index in [1.54, 1.807) is 19.0 Å². The number of primary amides is 1. The SMILES string of the molecule is CN(C)c1cc(NC(=S)Nc2cc(C(F)(F)F)cc(C(F)(F)F)c2)c(O)c2c1CC1CC3[C@H](N(C)C)C(O)C(C(N)=O)C(=O)[C@@]3(O)C(=O)C1=C2O. The first-order valence-corrected chi connectivity index (χ1v) is 15.6. The lowest BCUT2D eigenvalue weighted by atomic mass is 9.54. The van der Waals surface area contributed by atoms with E-state index in [1.807, 2.05) is 0 Å². The zero-order valence-electron chi connectivity index (χ0n) is 27.3. The number of hydrogen-bond donors (Lipinski definition) is 7. The number of benzene rings is 2. The minimum Gasteiger partial charge on any atom is -0.507 e. The first kappa shape index (κ1) is 37.8. The Balaban J connectivity index is 1.58. The van der Waals surface area contributed by atoms with Crippen molar-refractivity contribution in [3.05, 3.63) is 52.1 Å². The van der Waals surface area contributed by atoms with Gasteiger partial charge in [-0.1, -0.05) is 0 Å². The normalized spacial score (nSPS) is 26.3. The number of amides is 1. The molecule has 1 amide bonds. The summed E-state index contributed by atoms with van der Waals surface area (Å²) in [5, 5.41) is 50.1. The van der Waals surface area contributed by atoms with Crippen LogP contribution < -0.4 is 21.3 Å². The van der Waals surface area contributed by atoms with Crippen molar-refractivity contribution in [3.8, 4) is 5.75 Å². The number of hydrogen-bond acceptors (Lipinski definition) is 10. The van der Waals surface area contributed by atoms with Gasteiger partial charge in [0.1, 0.15) is 17.4 Å². The van der Waals surface area contributed by atoms with Crippen LogP contribution in [0.1, 0.15) is 28.7 Å². The Hall–Kier alpha value is -4.46. The summed E-state index contributed by atoms with van der Waals surface area (Å²) >= 11 is 5.15. The molecule has 3 aliphatic rings. The van der Waals surface area contributed by atoms with Crippen molar-refractivity contribution in [1.82, 2.24) is 4.90 Å². The summed E-state index contributed by atoms with van der Waals surface area (Å²) in [7, 11) is 6.23. The molecule has 6 atom stereocenters. The van der Waals surface area contributed by atoms with Crippen molar-refractivity contribution in [1.29, 1.82) is 0 Å². The number of carbonyl (C=O) groups excluding carboxylic acids is 3. The molecule has 276 valence electrons. The predicted octanol–water partition coefficient (Wildman–Crippen LogP) is 3.04. The maximum Gasteiger partial charge on any atom is 0.416 e. The van der Waals surface area contributed by atoms with Crippen molar-refractivity contribution < 1.29 is 61.2 Å². The van der Waals surface area contributed by atoms with Crippen LogP contribution in [-0.4, -0.2) is 93.8 Å². The molecule has 0 aliphatic heterocycles. The number of alkyl halides is 6. The van der Waals surface area contributed by atoms with Crippen LogP contribution in [0.4, 0.5) is 43.4 Å². The highest BCUT2D eigenvalue weighted by Crippen LogP contribution is 2.54. The number of carbonyl (C=O) groups is 3. The molecule has 8 N–H and O–H groups in total. The Bertz CT molecular complexity index is 1850. The highest BCUT2D eigenvalue weighted by atomic mass is 32.1. The zero-order valence-corrected chi connectivity index (χ0v) is 28.1. The number of ketones is 2. The number of Topliss-reactive ketones (excluding diaryl/α,β-unsaturated/α-hetero) is 2. The summed E-state index contributed by atoms with van der Waals surface area (Å²) in [6, 6.07) is 0.999. The van der Waals surface area contributed by atoms with Gasteiger partial charge in [0.25, 0.3) is 0 Å². The van der Waals surface area contributed by atoms with Gasteiger partial charge in [-0.3, -0.25) is 14.4 Å². The second kappa shape index (κ2) is 12.6. The Morgan fingerprint density at radius 2 is 1.55 bits per heavy atom. The summed E-state index contributed by atoms with van der Waals surface area (Å²) in [5.74, 6) is -9.49. The van der Waals surface area contributed by atoms with Crippen LogP contribution in [0.25, 0.3) is 5.76 Å². The molecule has 0 radical (unpaired) electrons. The lowest BCUT2D eigenvalue weighted by Crippen LogP contribution is -2.73. The molecule has 2 aromatic carbocycles. The predicted molar refractivity (Wildman–Crippen MR) is 175 cm³/mol. The molecule has 12 nitrogen and oxygen atoms in total. The number of anilines is 3. The van der Waals surface area contributed by atoms with Crippen molar-refractivity contribution in [2.24, 2.45) is 23.5 Å². The Morgan fingerprint density at radius 3 is 2.04 bits per heavy atom. The average Bonchev–Trinajstić information content (AvgIpc) is 2.98. The van der Waals surface area contributed by atoms with Gasteiger partial charge in [-0.15, -0.1) is 0 Å². The molecular formula is C32H33F6N5O7S. The van der Waals surface area contributed by atoms with E-state index in [-0.39, 0.29) is 30.2 Å². The molecule has 2 aromatic rings. The van der Waals surface area contributed by atoms with Crippen LogP contribution >= 0.6 is 12.2 Å². The van der Waals surface area contributed by atoms with E-state index >= 15 is 0 Å². The van der Waals surface area contributed by atoms with E-state index < -0.39 is 104 Å². The smallest absolute Gasteiger partial charge is 0.416 e. The zero-order chi connectivity index (χ0) is 38.3. The van der Waals surface area contributed by atoms with Crippen molar-refractivity contribution in [2.75, 3.05) is 43.7 Å². The summed E-state index contributed by atoms with van der Waals surface area (Å²) < 4.78 is 80.4. The monoisotopic (exact) mass is 745 g/mol. The van der Waals surface area contributed by atoms with Gasteiger partial charge in [-0.2, -0.15) is 26.3 Å². The van der Waals surface area contributed by atoms with Gasteiger partial charge in [-0.05, 0) is 74.9 Å². The van der Waals surface area contributed by atoms with Crippen LogP contribution in [0.5, 0.6) is 5.75 Å². The highest BCUT2D eigenvalue weighted by molar-refractivity contribution is 7.80. The van der Waals surface area contributed by atoms with Crippen LogP contribution in [0.3, 0.4) is 0 Å². The number of nitrogens with two attached hydrogens (primary N) is 1. The number of aromatic hydroxyl groups is 1. The third-order valence-corrected chi connectivity index (χ3v) is 9.84. The van der Waals surface area contributed by atoms with E-state index in [0.717, 1.165) is 0 Å². The molecule has 0 aromatic heterocycles. The molecule has 2 saturated carbocycles. The van der Waals surface area contributed by atoms with Crippen LogP contribution in [0.15, 0.2) is 29.8 Å². The maximum atomic E-state index is 14.1. The average molecular weight is 746 g/mol. The Morgan fingerprint density at radius 1 is 0.980 bits per heavy atom. The third kappa shape index (κ3) is 6.25. The van der Waals surface area contributed by atoms with Crippen molar-refractivity contribution >= 4 is 57.6 Å². The number of nitrogens with one attached hydrogen (secondary N) is 2. The fourth-order valence-corrected chi connectivity index (χ4v) is 7.69. The largest absolute Gasteiger partial charge is 0.507 e. The summed E-state index contributed by atoms with van der Waals surface area (Å²) in [6.45, 7) is 0. The number of nitrogens with zero attached hydrogens (tertiary/aromatic N) is 2. The van der Waals surface area contributed by atoms with Gasteiger partial charge >= 0.3 is 12.4 Å². The van der Waals surface area contributed by atoms with Gasteiger partial charge in [0.2, 0.25) is 11.7 Å². The number of aliphatic hydroxyl groups is 3. The molecule has 4 unspecified atom stereocenters. The summed E-state index contributed by atoms with van der Waals surface area (Å²) in [6.07, 6.45) is -12.1. The lowest BCUT2D eigenvalue weighted by Gasteiger charge is -2.53. The Labute approximate surface area is 291 Å². The molecule has 2 fully saturated rings. The molecular weight excluding hydrogens is 712 g/mol. The van der Waals surface area contributed by atoms with Gasteiger partial charge in [0.15, 0.2) is 16.5 Å². The maximum absolute atomic E-state index is 14.1. The molecule has 0 heterocycles. The quantitative estimate of drug-likeness (QED) is 0.103. The number of halogens is 6. The number of fused-ring (bicyclic) bond motifs is 3. The number of phenols is 1.